The molecule has 18 heavy (non-hydrogen) atoms. The maximum atomic E-state index is 6.65. The molecule has 2 rings (SSSR count). The summed E-state index contributed by atoms with van der Waals surface area (Å²) in [6.07, 6.45) is 14.7. The molecule has 2 nitrogen and oxygen atoms in total. The van der Waals surface area contributed by atoms with Crippen LogP contribution in [-0.4, -0.2) is 5.66 Å². The van der Waals surface area contributed by atoms with Crippen molar-refractivity contribution in [2.24, 2.45) is 29.2 Å². The van der Waals surface area contributed by atoms with Crippen molar-refractivity contribution >= 4 is 0 Å². The van der Waals surface area contributed by atoms with Crippen molar-refractivity contribution in [3.8, 4) is 0 Å². The van der Waals surface area contributed by atoms with Gasteiger partial charge in [-0.15, -0.1) is 0 Å². The Morgan fingerprint density at radius 2 is 1.39 bits per heavy atom. The molecular weight excluding hydrogens is 220 g/mol. The lowest BCUT2D eigenvalue weighted by molar-refractivity contribution is 0.0764. The summed E-state index contributed by atoms with van der Waals surface area (Å²) in [4.78, 5) is 0. The Labute approximate surface area is 113 Å². The third-order valence-electron chi connectivity index (χ3n) is 5.61. The van der Waals surface area contributed by atoms with Gasteiger partial charge in [-0.2, -0.15) is 0 Å². The fourth-order valence-corrected chi connectivity index (χ4v) is 4.54. The SMILES string of the molecule is CCC(C1CCCCC1)C(N)(N)C1CCCCC1. The van der Waals surface area contributed by atoms with Crippen LogP contribution in [-0.2, 0) is 0 Å². The Hall–Kier alpha value is -0.0800. The summed E-state index contributed by atoms with van der Waals surface area (Å²) < 4.78 is 0. The van der Waals surface area contributed by atoms with Crippen molar-refractivity contribution in [1.29, 1.82) is 0 Å². The molecule has 0 heterocycles. The topological polar surface area (TPSA) is 52.0 Å². The van der Waals surface area contributed by atoms with E-state index >= 15 is 0 Å². The monoisotopic (exact) mass is 252 g/mol. The van der Waals surface area contributed by atoms with Crippen LogP contribution in [0.3, 0.4) is 0 Å². The molecule has 2 aliphatic carbocycles. The van der Waals surface area contributed by atoms with E-state index in [1.165, 1.54) is 64.2 Å². The van der Waals surface area contributed by atoms with E-state index in [4.69, 9.17) is 11.5 Å². The summed E-state index contributed by atoms with van der Waals surface area (Å²) in [6, 6.07) is 0. The van der Waals surface area contributed by atoms with Crippen LogP contribution in [0.25, 0.3) is 0 Å². The van der Waals surface area contributed by atoms with Crippen molar-refractivity contribution in [3.63, 3.8) is 0 Å². The Morgan fingerprint density at radius 3 is 1.89 bits per heavy atom. The van der Waals surface area contributed by atoms with Crippen molar-refractivity contribution < 1.29 is 0 Å². The molecule has 0 amide bonds. The van der Waals surface area contributed by atoms with E-state index < -0.39 is 5.66 Å². The molecule has 2 saturated carbocycles. The smallest absolute Gasteiger partial charge is 0.0697 e. The van der Waals surface area contributed by atoms with Gasteiger partial charge in [-0.3, -0.25) is 0 Å². The highest BCUT2D eigenvalue weighted by Gasteiger charge is 2.41. The Balaban J connectivity index is 2.03. The van der Waals surface area contributed by atoms with Gasteiger partial charge in [0.1, 0.15) is 0 Å². The molecule has 0 aromatic heterocycles. The summed E-state index contributed by atoms with van der Waals surface area (Å²) in [7, 11) is 0. The third-order valence-corrected chi connectivity index (χ3v) is 5.61. The Morgan fingerprint density at radius 1 is 0.889 bits per heavy atom. The zero-order valence-electron chi connectivity index (χ0n) is 12.2. The predicted molar refractivity (Wildman–Crippen MR) is 78.0 cm³/mol. The lowest BCUT2D eigenvalue weighted by Crippen LogP contribution is -2.63. The molecule has 4 N–H and O–H groups in total. The maximum Gasteiger partial charge on any atom is 0.0697 e. The normalized spacial score (nSPS) is 26.2. The van der Waals surface area contributed by atoms with Crippen molar-refractivity contribution in [3.05, 3.63) is 0 Å². The number of rotatable bonds is 4. The molecule has 0 saturated heterocycles. The van der Waals surface area contributed by atoms with Crippen LogP contribution in [0.15, 0.2) is 0 Å². The van der Waals surface area contributed by atoms with Crippen molar-refractivity contribution in [2.75, 3.05) is 0 Å². The van der Waals surface area contributed by atoms with E-state index in [2.05, 4.69) is 6.92 Å². The number of hydrogen-bond acceptors (Lipinski definition) is 2. The Kier molecular flexibility index (Phi) is 5.08. The molecule has 0 aliphatic heterocycles. The van der Waals surface area contributed by atoms with Gasteiger partial charge >= 0.3 is 0 Å². The summed E-state index contributed by atoms with van der Waals surface area (Å²) >= 11 is 0. The predicted octanol–water partition coefficient (Wildman–Crippen LogP) is 3.79. The van der Waals surface area contributed by atoms with Gasteiger partial charge < -0.3 is 11.5 Å². The molecule has 2 heteroatoms. The second kappa shape index (κ2) is 6.38. The third kappa shape index (κ3) is 3.08. The van der Waals surface area contributed by atoms with E-state index in [-0.39, 0.29) is 0 Å². The van der Waals surface area contributed by atoms with Crippen LogP contribution in [0, 0.1) is 17.8 Å². The van der Waals surface area contributed by atoms with Crippen LogP contribution in [0.2, 0.25) is 0 Å². The first-order valence-electron chi connectivity index (χ1n) is 8.24. The quantitative estimate of drug-likeness (QED) is 0.748. The molecule has 0 aromatic carbocycles. The summed E-state index contributed by atoms with van der Waals surface area (Å²) in [5, 5.41) is 0. The largest absolute Gasteiger partial charge is 0.313 e. The van der Waals surface area contributed by atoms with Gasteiger partial charge in [0.15, 0.2) is 0 Å². The summed E-state index contributed by atoms with van der Waals surface area (Å²) in [5.74, 6) is 1.90. The first-order valence-corrected chi connectivity index (χ1v) is 8.24. The van der Waals surface area contributed by atoms with E-state index in [0.29, 0.717) is 11.8 Å². The second-order valence-electron chi connectivity index (χ2n) is 6.75. The van der Waals surface area contributed by atoms with Crippen LogP contribution >= 0.6 is 0 Å². The molecule has 0 spiro atoms. The minimum Gasteiger partial charge on any atom is -0.313 e. The molecule has 1 unspecified atom stereocenters. The molecule has 2 aliphatic rings. The average molecular weight is 252 g/mol. The van der Waals surface area contributed by atoms with Crippen LogP contribution < -0.4 is 11.5 Å². The van der Waals surface area contributed by atoms with E-state index in [1.54, 1.807) is 0 Å². The lowest BCUT2D eigenvalue weighted by Gasteiger charge is -2.46. The first-order chi connectivity index (χ1) is 8.66. The van der Waals surface area contributed by atoms with Gasteiger partial charge in [-0.1, -0.05) is 58.3 Å². The van der Waals surface area contributed by atoms with Gasteiger partial charge in [0.05, 0.1) is 5.66 Å². The molecule has 106 valence electrons. The highest BCUT2D eigenvalue weighted by molar-refractivity contribution is 4.95. The van der Waals surface area contributed by atoms with Gasteiger partial charge in [0.2, 0.25) is 0 Å². The molecule has 2 fully saturated rings. The molecule has 0 radical (unpaired) electrons. The van der Waals surface area contributed by atoms with Gasteiger partial charge in [0, 0.05) is 0 Å². The van der Waals surface area contributed by atoms with E-state index in [9.17, 15) is 0 Å². The minimum absolute atomic E-state index is 0.406. The lowest BCUT2D eigenvalue weighted by atomic mass is 9.66. The number of hydrogen-bond donors (Lipinski definition) is 2. The molecule has 0 aromatic rings. The van der Waals surface area contributed by atoms with E-state index in [0.717, 1.165) is 12.3 Å². The zero-order valence-corrected chi connectivity index (χ0v) is 12.2. The zero-order chi connectivity index (χ0) is 13.0. The second-order valence-corrected chi connectivity index (χ2v) is 6.75. The highest BCUT2D eigenvalue weighted by atomic mass is 15.0. The van der Waals surface area contributed by atoms with Gasteiger partial charge in [-0.05, 0) is 37.0 Å². The summed E-state index contributed by atoms with van der Waals surface area (Å²) in [5.41, 5.74) is 12.9. The standard InChI is InChI=1S/C16H32N2/c1-2-15(13-9-5-3-6-10-13)16(17,18)14-11-7-4-8-12-14/h13-15H,2-12,17-18H2,1H3. The average Bonchev–Trinajstić information content (AvgIpc) is 2.41. The molecule has 1 atom stereocenters. The van der Waals surface area contributed by atoms with Crippen molar-refractivity contribution in [2.45, 2.75) is 83.2 Å². The molecule has 0 bridgehead atoms. The van der Waals surface area contributed by atoms with Crippen LogP contribution in [0.1, 0.15) is 77.6 Å². The maximum absolute atomic E-state index is 6.65. The molecular formula is C16H32N2. The fraction of sp³-hybridized carbons (Fsp3) is 1.00. The number of nitrogens with two attached hydrogens (primary N) is 2. The highest BCUT2D eigenvalue weighted by Crippen LogP contribution is 2.41. The van der Waals surface area contributed by atoms with Gasteiger partial charge in [-0.25, -0.2) is 0 Å². The Bertz CT molecular complexity index is 237. The first kappa shape index (κ1) is 14.3. The van der Waals surface area contributed by atoms with Crippen LogP contribution in [0.5, 0.6) is 0 Å². The van der Waals surface area contributed by atoms with Gasteiger partial charge in [0.25, 0.3) is 0 Å². The van der Waals surface area contributed by atoms with Crippen LogP contribution in [0.4, 0.5) is 0 Å². The van der Waals surface area contributed by atoms with E-state index in [1.807, 2.05) is 0 Å². The minimum atomic E-state index is -0.406. The van der Waals surface area contributed by atoms with Crippen molar-refractivity contribution in [1.82, 2.24) is 0 Å². The fourth-order valence-electron chi connectivity index (χ4n) is 4.54. The summed E-state index contributed by atoms with van der Waals surface area (Å²) in [6.45, 7) is 2.29.